The van der Waals surface area contributed by atoms with Crippen molar-refractivity contribution < 1.29 is 14.4 Å². The van der Waals surface area contributed by atoms with Crippen LogP contribution in [0, 0.1) is 5.92 Å². The minimum Gasteiger partial charge on any atom is -0.340 e. The predicted octanol–water partition coefficient (Wildman–Crippen LogP) is 9.68. The second kappa shape index (κ2) is 16.7. The SMILES string of the molecule is CC(C)C(=O)N[C@@H](C(=O)N1CCC[C@H]1c1ncc(-c2ccc(-c3ccc(-c4cnc([C@@H]5CCCN5C(=O)Cc5ccccc5)s4)cc3)cc2)s1)c1ccccc1. The maximum absolute atomic E-state index is 14.1. The van der Waals surface area contributed by atoms with Crippen LogP contribution < -0.4 is 5.32 Å². The van der Waals surface area contributed by atoms with Crippen LogP contribution in [0.3, 0.4) is 0 Å². The lowest BCUT2D eigenvalue weighted by atomic mass is 10.0. The van der Waals surface area contributed by atoms with Gasteiger partial charge in [0.25, 0.3) is 0 Å². The molecule has 0 bridgehead atoms. The van der Waals surface area contributed by atoms with Gasteiger partial charge in [-0.3, -0.25) is 14.4 Å². The van der Waals surface area contributed by atoms with E-state index in [0.717, 1.165) is 85.4 Å². The van der Waals surface area contributed by atoms with E-state index in [2.05, 4.69) is 53.8 Å². The quantitative estimate of drug-likeness (QED) is 0.141. The van der Waals surface area contributed by atoms with Crippen LogP contribution >= 0.6 is 22.7 Å². The summed E-state index contributed by atoms with van der Waals surface area (Å²) >= 11 is 3.31. The van der Waals surface area contributed by atoms with Crippen LogP contribution in [0.4, 0.5) is 0 Å². The van der Waals surface area contributed by atoms with E-state index in [1.807, 2.05) is 96.7 Å². The zero-order chi connectivity index (χ0) is 38.6. The lowest BCUT2D eigenvalue weighted by molar-refractivity contribution is -0.138. The molecule has 6 aromatic rings. The van der Waals surface area contributed by atoms with Crippen molar-refractivity contribution in [1.82, 2.24) is 25.1 Å². The van der Waals surface area contributed by atoms with Crippen molar-refractivity contribution in [2.75, 3.05) is 13.1 Å². The van der Waals surface area contributed by atoms with Crippen molar-refractivity contribution in [1.29, 1.82) is 0 Å². The Morgan fingerprint density at radius 2 is 1.14 bits per heavy atom. The Morgan fingerprint density at radius 3 is 1.68 bits per heavy atom. The maximum Gasteiger partial charge on any atom is 0.250 e. The molecule has 3 atom stereocenters. The van der Waals surface area contributed by atoms with Gasteiger partial charge in [0, 0.05) is 31.4 Å². The van der Waals surface area contributed by atoms with Crippen LogP contribution in [-0.4, -0.2) is 50.6 Å². The summed E-state index contributed by atoms with van der Waals surface area (Å²) < 4.78 is 0. The van der Waals surface area contributed by atoms with Gasteiger partial charge in [0.2, 0.25) is 17.7 Å². The molecule has 4 aromatic carbocycles. The van der Waals surface area contributed by atoms with E-state index >= 15 is 0 Å². The van der Waals surface area contributed by atoms with Crippen molar-refractivity contribution in [3.05, 3.63) is 143 Å². The number of rotatable bonds is 11. The largest absolute Gasteiger partial charge is 0.340 e. The average Bonchev–Trinajstić information content (AvgIpc) is 4.07. The number of nitrogens with one attached hydrogen (secondary N) is 1. The van der Waals surface area contributed by atoms with Gasteiger partial charge in [-0.05, 0) is 59.1 Å². The van der Waals surface area contributed by atoms with Gasteiger partial charge in [0.1, 0.15) is 16.1 Å². The van der Waals surface area contributed by atoms with E-state index in [1.165, 1.54) is 0 Å². The number of benzene rings is 4. The van der Waals surface area contributed by atoms with Crippen LogP contribution in [0.25, 0.3) is 32.0 Å². The van der Waals surface area contributed by atoms with Crippen LogP contribution in [0.1, 0.15) is 78.8 Å². The highest BCUT2D eigenvalue weighted by Crippen LogP contribution is 2.40. The number of aromatic nitrogens is 2. The molecule has 10 heteroatoms. The van der Waals surface area contributed by atoms with Gasteiger partial charge in [-0.1, -0.05) is 123 Å². The molecule has 0 spiro atoms. The number of hydrogen-bond donors (Lipinski definition) is 1. The van der Waals surface area contributed by atoms with Crippen LogP contribution in [0.15, 0.2) is 122 Å². The molecule has 0 unspecified atom stereocenters. The van der Waals surface area contributed by atoms with E-state index in [1.54, 1.807) is 22.7 Å². The van der Waals surface area contributed by atoms with Crippen molar-refractivity contribution >= 4 is 40.4 Å². The number of nitrogens with zero attached hydrogens (tertiary/aromatic N) is 4. The topological polar surface area (TPSA) is 95.5 Å². The maximum atomic E-state index is 14.1. The second-order valence-corrected chi connectivity index (χ2v) is 17.0. The number of hydrogen-bond acceptors (Lipinski definition) is 7. The molecular weight excluding hydrogens is 735 g/mol. The van der Waals surface area contributed by atoms with E-state index in [4.69, 9.17) is 9.97 Å². The molecule has 0 saturated carbocycles. The normalized spacial score (nSPS) is 17.3. The predicted molar refractivity (Wildman–Crippen MR) is 224 cm³/mol. The Kier molecular flexibility index (Phi) is 11.2. The third-order valence-electron chi connectivity index (χ3n) is 10.8. The van der Waals surface area contributed by atoms with Gasteiger partial charge in [0.15, 0.2) is 0 Å². The number of thiazole rings is 2. The highest BCUT2D eigenvalue weighted by molar-refractivity contribution is 7.15. The van der Waals surface area contributed by atoms with Gasteiger partial charge >= 0.3 is 0 Å². The van der Waals surface area contributed by atoms with Crippen molar-refractivity contribution in [3.8, 4) is 32.0 Å². The van der Waals surface area contributed by atoms with E-state index < -0.39 is 6.04 Å². The average molecular weight is 780 g/mol. The Bertz CT molecular complexity index is 2290. The molecule has 8 rings (SSSR count). The summed E-state index contributed by atoms with van der Waals surface area (Å²) in [5.41, 5.74) is 6.27. The highest BCUT2D eigenvalue weighted by atomic mass is 32.1. The Hall–Kier alpha value is -5.45. The van der Waals surface area contributed by atoms with Gasteiger partial charge in [-0.25, -0.2) is 9.97 Å². The molecule has 1 N–H and O–H groups in total. The van der Waals surface area contributed by atoms with Gasteiger partial charge in [0.05, 0.1) is 28.3 Å². The Labute approximate surface area is 336 Å². The van der Waals surface area contributed by atoms with E-state index in [9.17, 15) is 14.4 Å². The minimum absolute atomic E-state index is 0.0350. The summed E-state index contributed by atoms with van der Waals surface area (Å²) in [6.45, 7) is 5.08. The van der Waals surface area contributed by atoms with E-state index in [0.29, 0.717) is 13.0 Å². The van der Waals surface area contributed by atoms with Gasteiger partial charge in [-0.15, -0.1) is 22.7 Å². The molecule has 8 nitrogen and oxygen atoms in total. The molecule has 2 aromatic heterocycles. The third kappa shape index (κ3) is 8.08. The zero-order valence-corrected chi connectivity index (χ0v) is 33.3. The van der Waals surface area contributed by atoms with Crippen molar-refractivity contribution in [2.24, 2.45) is 5.92 Å². The fraction of sp³-hybridized carbons (Fsp3) is 0.283. The molecule has 2 aliphatic rings. The molecule has 0 radical (unpaired) electrons. The summed E-state index contributed by atoms with van der Waals surface area (Å²) in [4.78, 5) is 55.7. The Balaban J connectivity index is 0.922. The van der Waals surface area contributed by atoms with Gasteiger partial charge in [-0.2, -0.15) is 0 Å². The van der Waals surface area contributed by atoms with Crippen LogP contribution in [0.5, 0.6) is 0 Å². The first-order valence-electron chi connectivity index (χ1n) is 19.4. The number of likely N-dealkylation sites (tertiary alicyclic amines) is 2. The second-order valence-electron chi connectivity index (χ2n) is 14.9. The standard InChI is InChI=1S/C46H45N5O3S2/c1-30(2)43(53)49-42(36-13-7-4-8-14-36)46(54)51-26-10-16-38(51)45-48-29-40(56-45)35-23-19-33(20-24-35)32-17-21-34(22-18-32)39-28-47-44(55-39)37-15-9-25-50(37)41(52)27-31-11-5-3-6-12-31/h3-8,11-14,17-24,28-30,37-38,42H,9-10,15-16,25-27H2,1-2H3,(H,49,53)/t37-,38-,42+/m0/s1. The lowest BCUT2D eigenvalue weighted by Crippen LogP contribution is -2.43. The lowest BCUT2D eigenvalue weighted by Gasteiger charge is -2.29. The van der Waals surface area contributed by atoms with Gasteiger partial charge < -0.3 is 15.1 Å². The van der Waals surface area contributed by atoms with E-state index in [-0.39, 0.29) is 35.7 Å². The summed E-state index contributed by atoms with van der Waals surface area (Å²) in [7, 11) is 0. The summed E-state index contributed by atoms with van der Waals surface area (Å²) in [6.07, 6.45) is 7.93. The molecule has 4 heterocycles. The molecule has 2 fully saturated rings. The zero-order valence-electron chi connectivity index (χ0n) is 31.6. The third-order valence-corrected chi connectivity index (χ3v) is 13.1. The van der Waals surface area contributed by atoms with Crippen molar-refractivity contribution in [2.45, 2.75) is 64.1 Å². The highest BCUT2D eigenvalue weighted by Gasteiger charge is 2.37. The first-order valence-corrected chi connectivity index (χ1v) is 21.1. The van der Waals surface area contributed by atoms with Crippen LogP contribution in [-0.2, 0) is 20.8 Å². The molecule has 2 saturated heterocycles. The molecule has 3 amide bonds. The monoisotopic (exact) mass is 779 g/mol. The molecule has 284 valence electrons. The van der Waals surface area contributed by atoms with Crippen molar-refractivity contribution in [3.63, 3.8) is 0 Å². The summed E-state index contributed by atoms with van der Waals surface area (Å²) in [5.74, 6) is -0.307. The van der Waals surface area contributed by atoms with Crippen LogP contribution in [0.2, 0.25) is 0 Å². The first kappa shape index (κ1) is 37.5. The molecule has 56 heavy (non-hydrogen) atoms. The summed E-state index contributed by atoms with van der Waals surface area (Å²) in [5, 5.41) is 4.92. The molecular formula is C46H45N5O3S2. The number of carbonyl (C=O) groups excluding carboxylic acids is 3. The first-order chi connectivity index (χ1) is 27.3. The fourth-order valence-electron chi connectivity index (χ4n) is 7.69. The minimum atomic E-state index is -0.739. The summed E-state index contributed by atoms with van der Waals surface area (Å²) in [6, 6.07) is 35.8. The Morgan fingerprint density at radius 1 is 0.661 bits per heavy atom. The molecule has 2 aliphatic heterocycles. The number of amides is 3. The molecule has 0 aliphatic carbocycles. The smallest absolute Gasteiger partial charge is 0.250 e. The number of carbonyl (C=O) groups is 3. The fourth-order valence-corrected chi connectivity index (χ4v) is 9.84.